The summed E-state index contributed by atoms with van der Waals surface area (Å²) in [5, 5.41) is 10.5. The third-order valence-electron chi connectivity index (χ3n) is 15.6. The van der Waals surface area contributed by atoms with Crippen molar-refractivity contribution in [1.29, 1.82) is 0 Å². The molecule has 0 aliphatic rings. The van der Waals surface area contributed by atoms with Crippen LogP contribution in [0.25, 0.3) is 0 Å². The molecule has 0 saturated carbocycles. The molecule has 0 aromatic heterocycles. The first-order valence-electron chi connectivity index (χ1n) is 34.5. The zero-order valence-electron chi connectivity index (χ0n) is 54.9. The molecule has 3 unspecified atom stereocenters. The van der Waals surface area contributed by atoms with Crippen LogP contribution in [0.2, 0.25) is 0 Å². The van der Waals surface area contributed by atoms with Gasteiger partial charge in [-0.2, -0.15) is 0 Å². The Labute approximate surface area is 517 Å². The van der Waals surface area contributed by atoms with E-state index in [0.717, 1.165) is 115 Å². The van der Waals surface area contributed by atoms with Gasteiger partial charge in [0.15, 0.2) is 12.2 Å². The van der Waals surface area contributed by atoms with Crippen LogP contribution in [-0.4, -0.2) is 96.7 Å². The minimum atomic E-state index is -4.95. The van der Waals surface area contributed by atoms with Crippen molar-refractivity contribution in [2.75, 3.05) is 39.6 Å². The highest BCUT2D eigenvalue weighted by atomic mass is 31.2. The molecule has 3 N–H and O–H groups in total. The maximum absolute atomic E-state index is 13.0. The lowest BCUT2D eigenvalue weighted by molar-refractivity contribution is -0.161. The van der Waals surface area contributed by atoms with Gasteiger partial charge in [0.1, 0.15) is 19.3 Å². The topological polar surface area (TPSA) is 237 Å². The van der Waals surface area contributed by atoms with Crippen LogP contribution in [0.15, 0.2) is 0 Å². The number of esters is 4. The normalized spacial score (nSPS) is 14.6. The summed E-state index contributed by atoms with van der Waals surface area (Å²) in [4.78, 5) is 72.2. The molecule has 0 aromatic rings. The van der Waals surface area contributed by atoms with Crippen molar-refractivity contribution in [2.24, 2.45) is 11.8 Å². The summed E-state index contributed by atoms with van der Waals surface area (Å²) in [6.07, 6.45) is 41.8. The van der Waals surface area contributed by atoms with E-state index >= 15 is 0 Å². The van der Waals surface area contributed by atoms with Gasteiger partial charge in [0.2, 0.25) is 0 Å². The Kier molecular flexibility index (Phi) is 57.1. The third-order valence-corrected chi connectivity index (χ3v) is 17.5. The van der Waals surface area contributed by atoms with Gasteiger partial charge in [0.25, 0.3) is 0 Å². The molecule has 17 nitrogen and oxygen atoms in total. The lowest BCUT2D eigenvalue weighted by Gasteiger charge is -2.21. The van der Waals surface area contributed by atoms with Gasteiger partial charge in [0.05, 0.1) is 26.4 Å². The Morgan fingerprint density at radius 1 is 0.341 bits per heavy atom. The molecule has 0 bridgehead atoms. The monoisotopic (exact) mass is 1250 g/mol. The van der Waals surface area contributed by atoms with Gasteiger partial charge in [-0.1, -0.05) is 279 Å². The van der Waals surface area contributed by atoms with Crippen molar-refractivity contribution in [2.45, 2.75) is 349 Å². The van der Waals surface area contributed by atoms with Crippen LogP contribution in [0.4, 0.5) is 0 Å². The number of unbranched alkanes of at least 4 members (excludes halogenated alkanes) is 34. The molecule has 0 saturated heterocycles. The predicted molar refractivity (Wildman–Crippen MR) is 340 cm³/mol. The van der Waals surface area contributed by atoms with E-state index in [2.05, 4.69) is 41.5 Å². The highest BCUT2D eigenvalue weighted by Crippen LogP contribution is 2.45. The summed E-state index contributed by atoms with van der Waals surface area (Å²) in [6.45, 7) is 9.43. The minimum absolute atomic E-state index is 0.103. The fraction of sp³-hybridized carbons (Fsp3) is 0.939. The van der Waals surface area contributed by atoms with Crippen molar-refractivity contribution in [3.8, 4) is 0 Å². The molecule has 0 fully saturated rings. The number of carbonyl (C=O) groups excluding carboxylic acids is 4. The van der Waals surface area contributed by atoms with Crippen LogP contribution in [0.3, 0.4) is 0 Å². The largest absolute Gasteiger partial charge is 0.472 e. The second-order valence-corrected chi connectivity index (χ2v) is 27.5. The summed E-state index contributed by atoms with van der Waals surface area (Å²) in [6, 6.07) is 0. The number of phosphoric acid groups is 2. The minimum Gasteiger partial charge on any atom is -0.462 e. The molecule has 504 valence electrons. The fourth-order valence-electron chi connectivity index (χ4n) is 9.85. The van der Waals surface area contributed by atoms with Crippen LogP contribution in [-0.2, 0) is 65.4 Å². The van der Waals surface area contributed by atoms with Gasteiger partial charge in [-0.05, 0) is 37.5 Å². The average molecular weight is 1260 g/mol. The summed E-state index contributed by atoms with van der Waals surface area (Å²) < 4.78 is 68.0. The van der Waals surface area contributed by atoms with Crippen molar-refractivity contribution in [3.63, 3.8) is 0 Å². The number of hydrogen-bond donors (Lipinski definition) is 3. The SMILES string of the molecule is CCCCCCCCCCCCCCCCC(=O)OC[C@H](COP(=O)(O)OC[C@@H](O)COP(=O)(O)OC[C@@H](COC(=O)CCCCCCCCC)OC(=O)CCCCCCCCC(C)CC)OC(=O)CCCCCCCCCCCCCC(C)C. The average Bonchev–Trinajstić information content (AvgIpc) is 3.54. The summed E-state index contributed by atoms with van der Waals surface area (Å²) in [5.74, 6) is -0.650. The van der Waals surface area contributed by atoms with Crippen LogP contribution in [0.5, 0.6) is 0 Å². The zero-order chi connectivity index (χ0) is 62.9. The summed E-state index contributed by atoms with van der Waals surface area (Å²) >= 11 is 0. The molecule has 0 aromatic carbocycles. The summed E-state index contributed by atoms with van der Waals surface area (Å²) in [7, 11) is -9.89. The Bertz CT molecular complexity index is 1670. The molecule has 85 heavy (non-hydrogen) atoms. The molecule has 0 aliphatic heterocycles. The van der Waals surface area contributed by atoms with Crippen LogP contribution < -0.4 is 0 Å². The van der Waals surface area contributed by atoms with Crippen LogP contribution >= 0.6 is 15.6 Å². The molecule has 19 heteroatoms. The van der Waals surface area contributed by atoms with Gasteiger partial charge in [-0.25, -0.2) is 9.13 Å². The first-order chi connectivity index (χ1) is 40.9. The van der Waals surface area contributed by atoms with Crippen LogP contribution in [0, 0.1) is 11.8 Å². The molecular formula is C66H128O17P2. The Balaban J connectivity index is 5.22. The van der Waals surface area contributed by atoms with Gasteiger partial charge in [-0.15, -0.1) is 0 Å². The molecule has 0 aliphatic carbocycles. The Morgan fingerprint density at radius 2 is 0.600 bits per heavy atom. The lowest BCUT2D eigenvalue weighted by atomic mass is 10.00. The van der Waals surface area contributed by atoms with Crippen molar-refractivity contribution in [1.82, 2.24) is 0 Å². The lowest BCUT2D eigenvalue weighted by Crippen LogP contribution is -2.30. The highest BCUT2D eigenvalue weighted by Gasteiger charge is 2.30. The quantitative estimate of drug-likeness (QED) is 0.0222. The maximum Gasteiger partial charge on any atom is 0.472 e. The highest BCUT2D eigenvalue weighted by molar-refractivity contribution is 7.47. The van der Waals surface area contributed by atoms with E-state index in [0.29, 0.717) is 25.7 Å². The number of rotatable bonds is 65. The fourth-order valence-corrected chi connectivity index (χ4v) is 11.4. The van der Waals surface area contributed by atoms with E-state index < -0.39 is 97.5 Å². The number of carbonyl (C=O) groups is 4. The molecule has 0 rings (SSSR count). The van der Waals surface area contributed by atoms with Crippen molar-refractivity contribution in [3.05, 3.63) is 0 Å². The predicted octanol–water partition coefficient (Wildman–Crippen LogP) is 18.4. The van der Waals surface area contributed by atoms with Crippen molar-refractivity contribution < 1.29 is 80.2 Å². The number of aliphatic hydroxyl groups excluding tert-OH is 1. The number of aliphatic hydroxyl groups is 1. The van der Waals surface area contributed by atoms with Gasteiger partial charge in [0, 0.05) is 25.7 Å². The molecular weight excluding hydrogens is 1130 g/mol. The Morgan fingerprint density at radius 3 is 0.894 bits per heavy atom. The summed E-state index contributed by atoms with van der Waals surface area (Å²) in [5.41, 5.74) is 0. The van der Waals surface area contributed by atoms with Crippen molar-refractivity contribution >= 4 is 39.5 Å². The number of ether oxygens (including phenoxy) is 4. The third kappa shape index (κ3) is 59.5. The Hall–Kier alpha value is -1.94. The van der Waals surface area contributed by atoms with E-state index in [1.54, 1.807) is 0 Å². The standard InChI is InChI=1S/C66H128O17P2/c1-7-10-12-14-16-17-18-19-20-23-26-30-37-43-49-64(69)77-55-61(82-65(70)50-44-38-31-27-24-21-22-25-29-34-40-46-58(4)5)56-80-84(72,73)78-52-60(67)53-79-85(74,75)81-57-62(54-76-63(68)48-42-36-28-15-13-11-8-2)83-66(71)51-45-39-33-32-35-41-47-59(6)9-3/h58-62,67H,7-57H2,1-6H3,(H,72,73)(H,74,75)/t59?,60-,61-,62-/m1/s1. The first-order valence-corrected chi connectivity index (χ1v) is 37.5. The maximum atomic E-state index is 13.0. The molecule has 0 radical (unpaired) electrons. The zero-order valence-corrected chi connectivity index (χ0v) is 56.7. The molecule has 0 spiro atoms. The number of hydrogen-bond acceptors (Lipinski definition) is 15. The van der Waals surface area contributed by atoms with Gasteiger partial charge in [-0.3, -0.25) is 37.3 Å². The molecule has 0 heterocycles. The second-order valence-electron chi connectivity index (χ2n) is 24.6. The smallest absolute Gasteiger partial charge is 0.462 e. The van der Waals surface area contributed by atoms with Gasteiger partial charge >= 0.3 is 39.5 Å². The van der Waals surface area contributed by atoms with Crippen LogP contribution in [0.1, 0.15) is 330 Å². The first kappa shape index (κ1) is 83.1. The van der Waals surface area contributed by atoms with E-state index in [9.17, 15) is 43.2 Å². The molecule has 0 amide bonds. The van der Waals surface area contributed by atoms with E-state index in [1.807, 2.05) is 0 Å². The van der Waals surface area contributed by atoms with E-state index in [-0.39, 0.29) is 25.7 Å². The van der Waals surface area contributed by atoms with Gasteiger partial charge < -0.3 is 33.8 Å². The van der Waals surface area contributed by atoms with E-state index in [4.69, 9.17) is 37.0 Å². The number of phosphoric ester groups is 2. The molecule has 6 atom stereocenters. The van der Waals surface area contributed by atoms with E-state index in [1.165, 1.54) is 135 Å². The second kappa shape index (κ2) is 58.4.